The Morgan fingerprint density at radius 3 is 3.07 bits per heavy atom. The van der Waals surface area contributed by atoms with E-state index in [1.165, 1.54) is 5.57 Å². The van der Waals surface area contributed by atoms with Gasteiger partial charge in [-0.15, -0.1) is 0 Å². The molecule has 0 aliphatic carbocycles. The minimum atomic E-state index is 0.865. The maximum atomic E-state index is 4.32. The Kier molecular flexibility index (Phi) is 4.40. The van der Waals surface area contributed by atoms with Gasteiger partial charge in [-0.05, 0) is 19.0 Å². The molecule has 1 aromatic rings. The zero-order chi connectivity index (χ0) is 10.4. The highest BCUT2D eigenvalue weighted by Gasteiger charge is 2.02. The third-order valence-corrected chi connectivity index (χ3v) is 2.10. The van der Waals surface area contributed by atoms with E-state index in [0.29, 0.717) is 0 Å². The molecule has 0 aromatic carbocycles. The Bertz CT molecular complexity index is 288. The van der Waals surface area contributed by atoms with Crippen LogP contribution in [0.5, 0.6) is 0 Å². The molecule has 0 saturated heterocycles. The summed E-state index contributed by atoms with van der Waals surface area (Å²) < 4.78 is 2.17. The van der Waals surface area contributed by atoms with Crippen LogP contribution in [0.4, 0.5) is 0 Å². The van der Waals surface area contributed by atoms with E-state index in [2.05, 4.69) is 28.4 Å². The molecule has 1 aromatic heterocycles. The first-order chi connectivity index (χ1) is 6.77. The molecule has 0 spiro atoms. The number of likely N-dealkylation sites (N-methyl/N-ethyl adjacent to an activating group) is 1. The van der Waals surface area contributed by atoms with Crippen molar-refractivity contribution in [2.45, 2.75) is 26.3 Å². The molecule has 0 saturated carbocycles. The summed E-state index contributed by atoms with van der Waals surface area (Å²) in [6.07, 6.45) is 6.05. The minimum Gasteiger partial charge on any atom is -0.331 e. The standard InChI is InChI=1S/C11H19N3/c1-4-5-11-13-6-7-14(11)9-10(2)8-12-3/h6-7,12H,2,4-5,8-9H2,1,3H3. The lowest BCUT2D eigenvalue weighted by Crippen LogP contribution is -2.14. The van der Waals surface area contributed by atoms with Crippen molar-refractivity contribution in [1.82, 2.24) is 14.9 Å². The number of nitrogens with one attached hydrogen (secondary N) is 1. The first kappa shape index (κ1) is 11.0. The van der Waals surface area contributed by atoms with E-state index < -0.39 is 0 Å². The van der Waals surface area contributed by atoms with Crippen LogP contribution < -0.4 is 5.32 Å². The predicted molar refractivity (Wildman–Crippen MR) is 59.3 cm³/mol. The number of aryl methyl sites for hydroxylation is 1. The molecule has 0 amide bonds. The Labute approximate surface area is 85.8 Å². The van der Waals surface area contributed by atoms with Crippen molar-refractivity contribution in [3.05, 3.63) is 30.4 Å². The lowest BCUT2D eigenvalue weighted by Gasteiger charge is -2.09. The number of nitrogens with zero attached hydrogens (tertiary/aromatic N) is 2. The Morgan fingerprint density at radius 1 is 1.64 bits per heavy atom. The summed E-state index contributed by atoms with van der Waals surface area (Å²) in [5.74, 6) is 1.16. The van der Waals surface area contributed by atoms with Gasteiger partial charge in [-0.2, -0.15) is 0 Å². The molecule has 3 heteroatoms. The predicted octanol–water partition coefficient (Wildman–Crippen LogP) is 1.61. The number of rotatable bonds is 6. The largest absolute Gasteiger partial charge is 0.331 e. The smallest absolute Gasteiger partial charge is 0.108 e. The van der Waals surface area contributed by atoms with E-state index in [-0.39, 0.29) is 0 Å². The molecule has 0 aliphatic rings. The maximum Gasteiger partial charge on any atom is 0.108 e. The molecule has 0 radical (unpaired) electrons. The summed E-state index contributed by atoms with van der Waals surface area (Å²) in [6.45, 7) is 7.91. The van der Waals surface area contributed by atoms with E-state index >= 15 is 0 Å². The highest BCUT2D eigenvalue weighted by Crippen LogP contribution is 2.04. The van der Waals surface area contributed by atoms with Gasteiger partial charge >= 0.3 is 0 Å². The van der Waals surface area contributed by atoms with Crippen LogP contribution in [0.15, 0.2) is 24.5 Å². The van der Waals surface area contributed by atoms with Crippen molar-refractivity contribution in [3.8, 4) is 0 Å². The molecule has 0 aliphatic heterocycles. The molecule has 1 heterocycles. The lowest BCUT2D eigenvalue weighted by atomic mass is 10.3. The second-order valence-corrected chi connectivity index (χ2v) is 3.50. The summed E-state index contributed by atoms with van der Waals surface area (Å²) in [5.41, 5.74) is 1.18. The summed E-state index contributed by atoms with van der Waals surface area (Å²) in [5, 5.41) is 3.10. The van der Waals surface area contributed by atoms with Crippen molar-refractivity contribution in [1.29, 1.82) is 0 Å². The van der Waals surface area contributed by atoms with Crippen LogP contribution in [-0.4, -0.2) is 23.1 Å². The first-order valence-corrected chi connectivity index (χ1v) is 5.09. The maximum absolute atomic E-state index is 4.32. The normalized spacial score (nSPS) is 10.4. The van der Waals surface area contributed by atoms with Crippen LogP contribution >= 0.6 is 0 Å². The number of hydrogen-bond acceptors (Lipinski definition) is 2. The molecule has 3 nitrogen and oxygen atoms in total. The van der Waals surface area contributed by atoms with Gasteiger partial charge in [0.25, 0.3) is 0 Å². The molecule has 1 rings (SSSR count). The van der Waals surface area contributed by atoms with E-state index in [0.717, 1.165) is 31.8 Å². The molecular weight excluding hydrogens is 174 g/mol. The number of imidazole rings is 1. The fraction of sp³-hybridized carbons (Fsp3) is 0.545. The van der Waals surface area contributed by atoms with Gasteiger partial charge in [0.05, 0.1) is 0 Å². The van der Waals surface area contributed by atoms with Crippen LogP contribution in [0.25, 0.3) is 0 Å². The van der Waals surface area contributed by atoms with E-state index in [9.17, 15) is 0 Å². The minimum absolute atomic E-state index is 0.865. The average molecular weight is 193 g/mol. The molecule has 14 heavy (non-hydrogen) atoms. The monoisotopic (exact) mass is 193 g/mol. The Morgan fingerprint density at radius 2 is 2.43 bits per heavy atom. The van der Waals surface area contributed by atoms with Gasteiger partial charge in [-0.25, -0.2) is 4.98 Å². The molecule has 1 N–H and O–H groups in total. The highest BCUT2D eigenvalue weighted by atomic mass is 15.1. The number of hydrogen-bond donors (Lipinski definition) is 1. The van der Waals surface area contributed by atoms with Crippen LogP contribution in [0.2, 0.25) is 0 Å². The van der Waals surface area contributed by atoms with Gasteiger partial charge in [-0.3, -0.25) is 0 Å². The van der Waals surface area contributed by atoms with Crippen molar-refractivity contribution in [2.75, 3.05) is 13.6 Å². The molecule has 78 valence electrons. The summed E-state index contributed by atoms with van der Waals surface area (Å²) in [4.78, 5) is 4.32. The SMILES string of the molecule is C=C(CNC)Cn1ccnc1CCC. The lowest BCUT2D eigenvalue weighted by molar-refractivity contribution is 0.678. The molecule has 0 atom stereocenters. The Hall–Kier alpha value is -1.09. The fourth-order valence-electron chi connectivity index (χ4n) is 1.48. The summed E-state index contributed by atoms with van der Waals surface area (Å²) in [7, 11) is 1.94. The molecular formula is C11H19N3. The fourth-order valence-corrected chi connectivity index (χ4v) is 1.48. The quantitative estimate of drug-likeness (QED) is 0.696. The summed E-state index contributed by atoms with van der Waals surface area (Å²) >= 11 is 0. The molecule has 0 fully saturated rings. The zero-order valence-corrected chi connectivity index (χ0v) is 9.08. The van der Waals surface area contributed by atoms with Crippen molar-refractivity contribution < 1.29 is 0 Å². The van der Waals surface area contributed by atoms with Crippen LogP contribution in [0.1, 0.15) is 19.2 Å². The van der Waals surface area contributed by atoms with Crippen LogP contribution in [0.3, 0.4) is 0 Å². The zero-order valence-electron chi connectivity index (χ0n) is 9.08. The third-order valence-electron chi connectivity index (χ3n) is 2.10. The first-order valence-electron chi connectivity index (χ1n) is 5.09. The molecule has 0 unspecified atom stereocenters. The van der Waals surface area contributed by atoms with Crippen molar-refractivity contribution in [2.24, 2.45) is 0 Å². The molecule has 0 bridgehead atoms. The van der Waals surface area contributed by atoms with Crippen LogP contribution in [-0.2, 0) is 13.0 Å². The van der Waals surface area contributed by atoms with Crippen molar-refractivity contribution in [3.63, 3.8) is 0 Å². The second kappa shape index (κ2) is 5.60. The Balaban J connectivity index is 2.56. The van der Waals surface area contributed by atoms with Gasteiger partial charge in [0, 0.05) is 31.9 Å². The van der Waals surface area contributed by atoms with E-state index in [4.69, 9.17) is 0 Å². The van der Waals surface area contributed by atoms with Gasteiger partial charge in [-0.1, -0.05) is 13.5 Å². The highest BCUT2D eigenvalue weighted by molar-refractivity contribution is 5.02. The van der Waals surface area contributed by atoms with E-state index in [1.54, 1.807) is 0 Å². The van der Waals surface area contributed by atoms with Gasteiger partial charge in [0.1, 0.15) is 5.82 Å². The second-order valence-electron chi connectivity index (χ2n) is 3.50. The number of aromatic nitrogens is 2. The summed E-state index contributed by atoms with van der Waals surface area (Å²) in [6, 6.07) is 0. The van der Waals surface area contributed by atoms with Crippen LogP contribution in [0, 0.1) is 0 Å². The van der Waals surface area contributed by atoms with E-state index in [1.807, 2.05) is 19.4 Å². The van der Waals surface area contributed by atoms with Gasteiger partial charge < -0.3 is 9.88 Å². The average Bonchev–Trinajstić information content (AvgIpc) is 2.54. The van der Waals surface area contributed by atoms with Gasteiger partial charge in [0.2, 0.25) is 0 Å². The van der Waals surface area contributed by atoms with Gasteiger partial charge in [0.15, 0.2) is 0 Å². The topological polar surface area (TPSA) is 29.9 Å². The van der Waals surface area contributed by atoms with Crippen molar-refractivity contribution >= 4 is 0 Å². The third kappa shape index (κ3) is 3.00.